The van der Waals surface area contributed by atoms with E-state index in [2.05, 4.69) is 15.4 Å². The summed E-state index contributed by atoms with van der Waals surface area (Å²) in [6.07, 6.45) is -4.76. The average Bonchev–Trinajstić information content (AvgIpc) is 2.54. The van der Waals surface area contributed by atoms with Crippen molar-refractivity contribution in [3.63, 3.8) is 0 Å². The van der Waals surface area contributed by atoms with E-state index < -0.39 is 12.3 Å². The summed E-state index contributed by atoms with van der Waals surface area (Å²) in [5, 5.41) is 5.40. The minimum atomic E-state index is -4.76. The van der Waals surface area contributed by atoms with E-state index in [1.165, 1.54) is 19.1 Å². The molecular formula is C17H15F3N2O3. The molecule has 0 aliphatic rings. The fourth-order valence-corrected chi connectivity index (χ4v) is 1.98. The van der Waals surface area contributed by atoms with Gasteiger partial charge in [-0.25, -0.2) is 0 Å². The second-order valence-electron chi connectivity index (χ2n) is 5.11. The molecule has 2 rings (SSSR count). The lowest BCUT2D eigenvalue weighted by Crippen LogP contribution is -2.22. The van der Waals surface area contributed by atoms with Gasteiger partial charge < -0.3 is 15.4 Å². The number of carbonyl (C=O) groups excluding carboxylic acids is 2. The van der Waals surface area contributed by atoms with Crippen LogP contribution in [0.1, 0.15) is 17.3 Å². The lowest BCUT2D eigenvalue weighted by Gasteiger charge is -2.11. The van der Waals surface area contributed by atoms with Crippen molar-refractivity contribution < 1.29 is 27.5 Å². The highest BCUT2D eigenvalue weighted by atomic mass is 19.4. The maximum absolute atomic E-state index is 12.1. The number of anilines is 2. The van der Waals surface area contributed by atoms with Crippen molar-refractivity contribution in [1.29, 1.82) is 0 Å². The number of halogens is 3. The molecule has 0 radical (unpaired) electrons. The summed E-state index contributed by atoms with van der Waals surface area (Å²) < 4.78 is 40.0. The summed E-state index contributed by atoms with van der Waals surface area (Å²) in [6, 6.07) is 11.5. The molecule has 2 aromatic carbocycles. The molecule has 132 valence electrons. The molecule has 0 unspecified atom stereocenters. The van der Waals surface area contributed by atoms with Crippen LogP contribution in [0.2, 0.25) is 0 Å². The SMILES string of the molecule is CC(=O)c1cccc(NCC(=O)Nc2ccc(OC(F)(F)F)cc2)c1. The van der Waals surface area contributed by atoms with E-state index in [-0.39, 0.29) is 18.1 Å². The largest absolute Gasteiger partial charge is 0.573 e. The lowest BCUT2D eigenvalue weighted by atomic mass is 10.1. The summed E-state index contributed by atoms with van der Waals surface area (Å²) in [5.74, 6) is -0.850. The third-order valence-corrected chi connectivity index (χ3v) is 3.09. The Morgan fingerprint density at radius 1 is 1.04 bits per heavy atom. The predicted octanol–water partition coefficient (Wildman–Crippen LogP) is 3.84. The number of hydrogen-bond acceptors (Lipinski definition) is 4. The molecule has 0 spiro atoms. The molecule has 25 heavy (non-hydrogen) atoms. The molecule has 2 N–H and O–H groups in total. The molecule has 0 aliphatic heterocycles. The first-order valence-corrected chi connectivity index (χ1v) is 7.23. The van der Waals surface area contributed by atoms with Crippen LogP contribution in [0.5, 0.6) is 5.75 Å². The Hall–Kier alpha value is -3.03. The molecule has 0 saturated carbocycles. The van der Waals surface area contributed by atoms with Gasteiger partial charge in [0, 0.05) is 16.9 Å². The van der Waals surface area contributed by atoms with Gasteiger partial charge in [-0.3, -0.25) is 9.59 Å². The van der Waals surface area contributed by atoms with E-state index in [1.807, 2.05) is 0 Å². The van der Waals surface area contributed by atoms with Crippen LogP contribution in [0.4, 0.5) is 24.5 Å². The molecule has 0 fully saturated rings. The number of nitrogens with one attached hydrogen (secondary N) is 2. The van der Waals surface area contributed by atoms with Crippen LogP contribution in [0.25, 0.3) is 0 Å². The Kier molecular flexibility index (Phi) is 5.63. The highest BCUT2D eigenvalue weighted by molar-refractivity contribution is 5.96. The van der Waals surface area contributed by atoms with Gasteiger partial charge in [-0.05, 0) is 43.3 Å². The van der Waals surface area contributed by atoms with Crippen molar-refractivity contribution >= 4 is 23.1 Å². The van der Waals surface area contributed by atoms with Gasteiger partial charge in [0.05, 0.1) is 6.54 Å². The van der Waals surface area contributed by atoms with E-state index in [1.54, 1.807) is 24.3 Å². The zero-order valence-electron chi connectivity index (χ0n) is 13.2. The molecular weight excluding hydrogens is 337 g/mol. The fraction of sp³-hybridized carbons (Fsp3) is 0.176. The van der Waals surface area contributed by atoms with Crippen LogP contribution < -0.4 is 15.4 Å². The fourth-order valence-electron chi connectivity index (χ4n) is 1.98. The third kappa shape index (κ3) is 6.17. The van der Waals surface area contributed by atoms with Gasteiger partial charge in [0.15, 0.2) is 5.78 Å². The van der Waals surface area contributed by atoms with Gasteiger partial charge in [-0.1, -0.05) is 12.1 Å². The maximum atomic E-state index is 12.1. The van der Waals surface area contributed by atoms with Crippen molar-refractivity contribution in [2.75, 3.05) is 17.2 Å². The molecule has 2 aromatic rings. The van der Waals surface area contributed by atoms with Crippen LogP contribution in [-0.4, -0.2) is 24.6 Å². The predicted molar refractivity (Wildman–Crippen MR) is 86.7 cm³/mol. The first-order valence-electron chi connectivity index (χ1n) is 7.23. The van der Waals surface area contributed by atoms with Crippen molar-refractivity contribution in [3.8, 4) is 5.75 Å². The van der Waals surface area contributed by atoms with Crippen molar-refractivity contribution in [3.05, 3.63) is 54.1 Å². The molecule has 0 aliphatic carbocycles. The highest BCUT2D eigenvalue weighted by Crippen LogP contribution is 2.23. The van der Waals surface area contributed by atoms with Crippen molar-refractivity contribution in [1.82, 2.24) is 0 Å². The monoisotopic (exact) mass is 352 g/mol. The maximum Gasteiger partial charge on any atom is 0.573 e. The minimum Gasteiger partial charge on any atom is -0.406 e. The topological polar surface area (TPSA) is 67.4 Å². The van der Waals surface area contributed by atoms with Crippen molar-refractivity contribution in [2.45, 2.75) is 13.3 Å². The molecule has 0 heterocycles. The van der Waals surface area contributed by atoms with Crippen molar-refractivity contribution in [2.24, 2.45) is 0 Å². The Bertz CT molecular complexity index is 758. The van der Waals surface area contributed by atoms with E-state index >= 15 is 0 Å². The van der Waals surface area contributed by atoms with Crippen LogP contribution >= 0.6 is 0 Å². The minimum absolute atomic E-state index is 0.0673. The van der Waals surface area contributed by atoms with Gasteiger partial charge in [0.25, 0.3) is 0 Å². The summed E-state index contributed by atoms with van der Waals surface area (Å²) in [6.45, 7) is 1.38. The van der Waals surface area contributed by atoms with Crippen LogP contribution in [0, 0.1) is 0 Å². The number of Topliss-reactive ketones (excluding diaryl/α,β-unsaturated/α-hetero) is 1. The quantitative estimate of drug-likeness (QED) is 0.775. The zero-order chi connectivity index (χ0) is 18.4. The Morgan fingerprint density at radius 3 is 2.32 bits per heavy atom. The van der Waals surface area contributed by atoms with E-state index in [9.17, 15) is 22.8 Å². The molecule has 8 heteroatoms. The first-order chi connectivity index (χ1) is 11.7. The number of alkyl halides is 3. The van der Waals surface area contributed by atoms with E-state index in [4.69, 9.17) is 0 Å². The van der Waals surface area contributed by atoms with Gasteiger partial charge >= 0.3 is 6.36 Å². The number of hydrogen-bond donors (Lipinski definition) is 2. The Morgan fingerprint density at radius 2 is 1.72 bits per heavy atom. The van der Waals surface area contributed by atoms with E-state index in [0.717, 1.165) is 12.1 Å². The zero-order valence-corrected chi connectivity index (χ0v) is 13.2. The number of carbonyl (C=O) groups is 2. The van der Waals surface area contributed by atoms with E-state index in [0.29, 0.717) is 16.9 Å². The van der Waals surface area contributed by atoms with Gasteiger partial charge in [-0.2, -0.15) is 0 Å². The van der Waals surface area contributed by atoms with Crippen LogP contribution in [0.15, 0.2) is 48.5 Å². The van der Waals surface area contributed by atoms with Crippen LogP contribution in [-0.2, 0) is 4.79 Å². The molecule has 1 amide bonds. The van der Waals surface area contributed by atoms with Gasteiger partial charge in [0.1, 0.15) is 5.75 Å². The Labute approximate surface area is 141 Å². The second-order valence-corrected chi connectivity index (χ2v) is 5.11. The summed E-state index contributed by atoms with van der Waals surface area (Å²) in [5.41, 5.74) is 1.46. The highest BCUT2D eigenvalue weighted by Gasteiger charge is 2.30. The number of amides is 1. The smallest absolute Gasteiger partial charge is 0.406 e. The second kappa shape index (κ2) is 7.69. The molecule has 0 atom stereocenters. The molecule has 0 bridgehead atoms. The normalized spacial score (nSPS) is 10.9. The standard InChI is InChI=1S/C17H15F3N2O3/c1-11(23)12-3-2-4-14(9-12)21-10-16(24)22-13-5-7-15(8-6-13)25-17(18,19)20/h2-9,21H,10H2,1H3,(H,22,24). The average molecular weight is 352 g/mol. The first kappa shape index (κ1) is 18.3. The number of ketones is 1. The van der Waals surface area contributed by atoms with Gasteiger partial charge in [0.2, 0.25) is 5.91 Å². The summed E-state index contributed by atoms with van der Waals surface area (Å²) in [4.78, 5) is 23.2. The molecule has 5 nitrogen and oxygen atoms in total. The molecule has 0 aromatic heterocycles. The number of rotatable bonds is 6. The van der Waals surface area contributed by atoms with Gasteiger partial charge in [-0.15, -0.1) is 13.2 Å². The number of ether oxygens (including phenoxy) is 1. The lowest BCUT2D eigenvalue weighted by molar-refractivity contribution is -0.274. The third-order valence-electron chi connectivity index (χ3n) is 3.09. The number of benzene rings is 2. The summed E-state index contributed by atoms with van der Waals surface area (Å²) in [7, 11) is 0. The van der Waals surface area contributed by atoms with Crippen LogP contribution in [0.3, 0.4) is 0 Å². The Balaban J connectivity index is 1.88. The molecule has 0 saturated heterocycles. The summed E-state index contributed by atoms with van der Waals surface area (Å²) >= 11 is 0.